The second-order valence-electron chi connectivity index (χ2n) is 7.97. The molecule has 1 fully saturated rings. The second kappa shape index (κ2) is 8.49. The minimum Gasteiger partial charge on any atom is -0.345 e. The van der Waals surface area contributed by atoms with E-state index in [2.05, 4.69) is 10.7 Å². The van der Waals surface area contributed by atoms with Crippen LogP contribution in [0.5, 0.6) is 0 Å². The van der Waals surface area contributed by atoms with Gasteiger partial charge in [-0.05, 0) is 56.4 Å². The molecule has 3 aromatic rings. The van der Waals surface area contributed by atoms with Gasteiger partial charge >= 0.3 is 0 Å². The molecule has 0 spiro atoms. The van der Waals surface area contributed by atoms with E-state index in [0.717, 1.165) is 19.3 Å². The van der Waals surface area contributed by atoms with Crippen LogP contribution in [0.25, 0.3) is 10.8 Å². The average Bonchev–Trinajstić information content (AvgIpc) is 2.69. The van der Waals surface area contributed by atoms with Crippen LogP contribution < -0.4 is 16.3 Å². The summed E-state index contributed by atoms with van der Waals surface area (Å²) in [5, 5.41) is 3.18. The van der Waals surface area contributed by atoms with Gasteiger partial charge in [-0.15, -0.1) is 0 Å². The van der Waals surface area contributed by atoms with Crippen LogP contribution in [-0.4, -0.2) is 17.1 Å². The fourth-order valence-corrected chi connectivity index (χ4v) is 4.32. The van der Waals surface area contributed by atoms with Crippen LogP contribution in [0.1, 0.15) is 53.8 Å². The lowest BCUT2D eigenvalue weighted by atomic mass is 9.77. The van der Waals surface area contributed by atoms with Crippen LogP contribution in [-0.2, 0) is 0 Å². The molecular weight excluding hydrogens is 399 g/mol. The average molecular weight is 424 g/mol. The summed E-state index contributed by atoms with van der Waals surface area (Å²) in [5.41, 5.74) is 3.70. The summed E-state index contributed by atoms with van der Waals surface area (Å²) in [7, 11) is 0. The third-order valence-corrected chi connectivity index (χ3v) is 6.06. The Morgan fingerprint density at radius 2 is 1.94 bits per heavy atom. The Morgan fingerprint density at radius 3 is 2.58 bits per heavy atom. The van der Waals surface area contributed by atoms with Gasteiger partial charge in [-0.3, -0.25) is 9.59 Å². The molecule has 2 N–H and O–H groups in total. The highest BCUT2D eigenvalue weighted by Gasteiger charge is 2.31. The molecule has 5 nitrogen and oxygen atoms in total. The van der Waals surface area contributed by atoms with Crippen molar-refractivity contribution in [3.63, 3.8) is 0 Å². The molecule has 162 valence electrons. The largest absolute Gasteiger partial charge is 0.345 e. The molecule has 1 aliphatic rings. The smallest absolute Gasteiger partial charge is 0.279 e. The minimum absolute atomic E-state index is 0.134. The van der Waals surface area contributed by atoms with Crippen molar-refractivity contribution in [3.05, 3.63) is 81.3 Å². The number of aromatic nitrogens is 1. The predicted molar refractivity (Wildman–Crippen MR) is 117 cm³/mol. The third kappa shape index (κ3) is 3.80. The maximum absolute atomic E-state index is 14.6. The van der Waals surface area contributed by atoms with Crippen molar-refractivity contribution in [2.75, 3.05) is 12.0 Å². The van der Waals surface area contributed by atoms with E-state index in [1.807, 2.05) is 6.92 Å². The van der Waals surface area contributed by atoms with E-state index in [0.29, 0.717) is 17.8 Å². The van der Waals surface area contributed by atoms with Gasteiger partial charge in [-0.25, -0.2) is 13.5 Å². The fraction of sp³-hybridized carbons (Fsp3) is 0.333. The van der Waals surface area contributed by atoms with E-state index in [1.165, 1.54) is 28.9 Å². The zero-order chi connectivity index (χ0) is 22.1. The zero-order valence-electron chi connectivity index (χ0n) is 17.5. The molecule has 1 amide bonds. The summed E-state index contributed by atoms with van der Waals surface area (Å²) < 4.78 is 29.7. The van der Waals surface area contributed by atoms with Crippen molar-refractivity contribution >= 4 is 16.7 Å². The second-order valence-corrected chi connectivity index (χ2v) is 7.97. The normalized spacial score (nSPS) is 14.8. The Morgan fingerprint density at radius 1 is 1.19 bits per heavy atom. The standard InChI is InChI=1S/C24H25F2N3O2/c1-3-27-29-14(2)20(18-11-6-12-19(26)21(18)24(29)31)23(30)28-22(15-7-4-8-15)16-9-5-10-17(25)13-16/h5-6,9-13,15,22,27H,3-4,7-8H2,1-2H3,(H,28,30)/t22-/m0/s1/i25-1. The lowest BCUT2D eigenvalue weighted by Gasteiger charge is -2.35. The quantitative estimate of drug-likeness (QED) is 0.616. The Bertz CT molecular complexity index is 1200. The summed E-state index contributed by atoms with van der Waals surface area (Å²) in [6.45, 7) is 3.90. The van der Waals surface area contributed by atoms with Crippen molar-refractivity contribution in [3.8, 4) is 0 Å². The number of carbonyl (C=O) groups is 1. The summed E-state index contributed by atoms with van der Waals surface area (Å²) in [5.74, 6) is -1.25. The van der Waals surface area contributed by atoms with E-state index in [9.17, 15) is 18.4 Å². The van der Waals surface area contributed by atoms with Gasteiger partial charge < -0.3 is 10.7 Å². The maximum Gasteiger partial charge on any atom is 0.279 e. The first kappa shape index (κ1) is 21.0. The van der Waals surface area contributed by atoms with Gasteiger partial charge in [0.05, 0.1) is 22.7 Å². The van der Waals surface area contributed by atoms with Crippen molar-refractivity contribution in [1.29, 1.82) is 0 Å². The number of benzene rings is 2. The molecule has 1 aliphatic carbocycles. The lowest BCUT2D eigenvalue weighted by molar-refractivity contribution is 0.0900. The van der Waals surface area contributed by atoms with Gasteiger partial charge in [0.15, 0.2) is 0 Å². The van der Waals surface area contributed by atoms with Gasteiger partial charge in [0.1, 0.15) is 11.6 Å². The summed E-state index contributed by atoms with van der Waals surface area (Å²) in [6, 6.07) is 10.2. The number of nitrogens with one attached hydrogen (secondary N) is 2. The van der Waals surface area contributed by atoms with Crippen molar-refractivity contribution < 1.29 is 13.6 Å². The van der Waals surface area contributed by atoms with Gasteiger partial charge in [0.2, 0.25) is 0 Å². The van der Waals surface area contributed by atoms with Crippen LogP contribution in [0.4, 0.5) is 8.78 Å². The van der Waals surface area contributed by atoms with Crippen LogP contribution in [0, 0.1) is 24.5 Å². The molecule has 1 heterocycles. The Labute approximate surface area is 179 Å². The molecule has 1 aromatic heterocycles. The maximum atomic E-state index is 14.6. The molecular formula is C24H25F2N3O2. The van der Waals surface area contributed by atoms with Crippen LogP contribution in [0.3, 0.4) is 0 Å². The lowest BCUT2D eigenvalue weighted by Crippen LogP contribution is -2.39. The number of hydrogen-bond acceptors (Lipinski definition) is 3. The fourth-order valence-electron chi connectivity index (χ4n) is 4.32. The molecule has 31 heavy (non-hydrogen) atoms. The first-order valence-electron chi connectivity index (χ1n) is 10.6. The van der Waals surface area contributed by atoms with Gasteiger partial charge in [0.25, 0.3) is 11.5 Å². The molecule has 7 heteroatoms. The van der Waals surface area contributed by atoms with Gasteiger partial charge in [0, 0.05) is 11.9 Å². The first-order valence-corrected chi connectivity index (χ1v) is 10.6. The van der Waals surface area contributed by atoms with E-state index in [-0.39, 0.29) is 34.1 Å². The van der Waals surface area contributed by atoms with Crippen molar-refractivity contribution in [2.45, 2.75) is 39.2 Å². The molecule has 0 bridgehead atoms. The van der Waals surface area contributed by atoms with E-state index < -0.39 is 17.3 Å². The Kier molecular flexibility index (Phi) is 5.76. The van der Waals surface area contributed by atoms with Crippen LogP contribution in [0.2, 0.25) is 0 Å². The number of rotatable bonds is 6. The summed E-state index contributed by atoms with van der Waals surface area (Å²) in [4.78, 5) is 26.4. The number of pyridine rings is 1. The SMILES string of the molecule is CCNn1c(C)c(C(=O)N[C@H](c2cccc([18F])c2)C2CCC2)c2cccc(F)c2c1=O. The number of halogens is 2. The Hall–Kier alpha value is -3.22. The molecule has 4 rings (SSSR count). The molecule has 0 unspecified atom stereocenters. The van der Waals surface area contributed by atoms with Gasteiger partial charge in [-0.2, -0.15) is 0 Å². The third-order valence-electron chi connectivity index (χ3n) is 6.06. The summed E-state index contributed by atoms with van der Waals surface area (Å²) in [6.07, 6.45) is 2.93. The molecule has 1 saturated carbocycles. The highest BCUT2D eigenvalue weighted by Crippen LogP contribution is 2.38. The van der Waals surface area contributed by atoms with Crippen LogP contribution in [0.15, 0.2) is 47.3 Å². The number of carbonyl (C=O) groups excluding carboxylic acids is 1. The van der Waals surface area contributed by atoms with E-state index in [4.69, 9.17) is 0 Å². The molecule has 0 saturated heterocycles. The molecule has 1 atom stereocenters. The topological polar surface area (TPSA) is 63.1 Å². The van der Waals surface area contributed by atoms with E-state index in [1.54, 1.807) is 25.1 Å². The first-order chi connectivity index (χ1) is 14.9. The minimum atomic E-state index is -0.677. The molecule has 0 radical (unpaired) electrons. The van der Waals surface area contributed by atoms with Gasteiger partial charge in [-0.1, -0.05) is 30.7 Å². The number of fused-ring (bicyclic) bond motifs is 1. The predicted octanol–water partition coefficient (Wildman–Crippen LogP) is 4.42. The number of hydrogen-bond donors (Lipinski definition) is 2. The monoisotopic (exact) mass is 424 g/mol. The molecule has 0 aliphatic heterocycles. The van der Waals surface area contributed by atoms with Crippen molar-refractivity contribution in [1.82, 2.24) is 9.99 Å². The number of nitrogens with zero attached hydrogens (tertiary/aromatic N) is 1. The number of amides is 1. The van der Waals surface area contributed by atoms with Crippen molar-refractivity contribution in [2.24, 2.45) is 5.92 Å². The Balaban J connectivity index is 1.83. The van der Waals surface area contributed by atoms with E-state index >= 15 is 0 Å². The molecule has 2 aromatic carbocycles. The highest BCUT2D eigenvalue weighted by molar-refractivity contribution is 6.08. The highest BCUT2D eigenvalue weighted by atomic mass is 19.1. The summed E-state index contributed by atoms with van der Waals surface area (Å²) >= 11 is 0. The zero-order valence-corrected chi connectivity index (χ0v) is 17.5. The van der Waals surface area contributed by atoms with Crippen LogP contribution >= 0.6 is 0 Å².